The number of carbonyl (C=O) groups excluding carboxylic acids is 2. The van der Waals surface area contributed by atoms with E-state index in [1.807, 2.05) is 0 Å². The summed E-state index contributed by atoms with van der Waals surface area (Å²) in [6.07, 6.45) is 6.88. The van der Waals surface area contributed by atoms with Crippen molar-refractivity contribution in [1.82, 2.24) is 14.9 Å². The summed E-state index contributed by atoms with van der Waals surface area (Å²) in [6.45, 7) is 1.94. The third kappa shape index (κ3) is 2.79. The number of allylic oxidation sites excluding steroid dienone is 1. The molecule has 6 nitrogen and oxygen atoms in total. The molecule has 2 aliphatic rings. The number of Topliss-reactive ketones (excluding diaryl/α,β-unsaturated/α-hetero) is 1. The minimum absolute atomic E-state index is 0.0492. The predicted octanol–water partition coefficient (Wildman–Crippen LogP) is 1.24. The molecule has 1 amide bonds. The number of anilines is 1. The SMILES string of the molecule is CN1C(=O)CC(=O)/C1=C/c1ccnc(N2CCCCC2)n1. The van der Waals surface area contributed by atoms with Gasteiger partial charge in [-0.3, -0.25) is 9.59 Å². The highest BCUT2D eigenvalue weighted by molar-refractivity contribution is 6.16. The smallest absolute Gasteiger partial charge is 0.234 e. The van der Waals surface area contributed by atoms with Crippen LogP contribution in [0.3, 0.4) is 0 Å². The highest BCUT2D eigenvalue weighted by Crippen LogP contribution is 2.20. The lowest BCUT2D eigenvalue weighted by Gasteiger charge is -2.26. The average Bonchev–Trinajstić information content (AvgIpc) is 2.75. The van der Waals surface area contributed by atoms with E-state index in [2.05, 4.69) is 14.9 Å². The number of amides is 1. The number of carbonyl (C=O) groups is 2. The predicted molar refractivity (Wildman–Crippen MR) is 78.5 cm³/mol. The van der Waals surface area contributed by atoms with Crippen molar-refractivity contribution in [2.24, 2.45) is 0 Å². The quantitative estimate of drug-likeness (QED) is 0.604. The van der Waals surface area contributed by atoms with Crippen molar-refractivity contribution in [1.29, 1.82) is 0 Å². The van der Waals surface area contributed by atoms with Gasteiger partial charge in [0.1, 0.15) is 0 Å². The van der Waals surface area contributed by atoms with Gasteiger partial charge in [0.05, 0.1) is 17.8 Å². The molecule has 0 aliphatic carbocycles. The first-order valence-electron chi connectivity index (χ1n) is 7.24. The van der Waals surface area contributed by atoms with E-state index >= 15 is 0 Å². The van der Waals surface area contributed by atoms with Gasteiger partial charge in [-0.1, -0.05) is 0 Å². The molecule has 3 heterocycles. The Hall–Kier alpha value is -2.24. The number of piperidine rings is 1. The molecule has 0 N–H and O–H groups in total. The molecule has 0 aromatic carbocycles. The minimum atomic E-state index is -0.170. The Morgan fingerprint density at radius 2 is 1.95 bits per heavy atom. The van der Waals surface area contributed by atoms with Crippen molar-refractivity contribution in [2.75, 3.05) is 25.0 Å². The molecule has 3 rings (SSSR count). The molecule has 1 aromatic heterocycles. The molecular weight excluding hydrogens is 268 g/mol. The second kappa shape index (κ2) is 5.63. The third-order valence-electron chi connectivity index (χ3n) is 3.92. The van der Waals surface area contributed by atoms with E-state index in [0.717, 1.165) is 25.9 Å². The van der Waals surface area contributed by atoms with Crippen molar-refractivity contribution in [3.8, 4) is 0 Å². The van der Waals surface area contributed by atoms with E-state index in [1.165, 1.54) is 11.3 Å². The van der Waals surface area contributed by atoms with Gasteiger partial charge in [-0.05, 0) is 31.4 Å². The summed E-state index contributed by atoms with van der Waals surface area (Å²) >= 11 is 0. The fourth-order valence-corrected chi connectivity index (χ4v) is 2.67. The molecule has 0 radical (unpaired) electrons. The van der Waals surface area contributed by atoms with Gasteiger partial charge in [0, 0.05) is 26.3 Å². The van der Waals surface area contributed by atoms with Crippen molar-refractivity contribution >= 4 is 23.7 Å². The largest absolute Gasteiger partial charge is 0.341 e. The number of hydrogen-bond acceptors (Lipinski definition) is 5. The maximum Gasteiger partial charge on any atom is 0.234 e. The fraction of sp³-hybridized carbons (Fsp3) is 0.467. The van der Waals surface area contributed by atoms with Gasteiger partial charge in [0.25, 0.3) is 0 Å². The zero-order valence-electron chi connectivity index (χ0n) is 12.1. The Morgan fingerprint density at radius 1 is 1.19 bits per heavy atom. The maximum atomic E-state index is 11.8. The number of rotatable bonds is 2. The monoisotopic (exact) mass is 286 g/mol. The molecule has 0 spiro atoms. The van der Waals surface area contributed by atoms with Gasteiger partial charge in [-0.2, -0.15) is 0 Å². The van der Waals surface area contributed by atoms with Gasteiger partial charge in [0.2, 0.25) is 11.9 Å². The summed E-state index contributed by atoms with van der Waals surface area (Å²) in [4.78, 5) is 35.7. The van der Waals surface area contributed by atoms with Crippen molar-refractivity contribution in [3.63, 3.8) is 0 Å². The highest BCUT2D eigenvalue weighted by atomic mass is 16.2. The zero-order valence-corrected chi connectivity index (χ0v) is 12.1. The molecule has 110 valence electrons. The van der Waals surface area contributed by atoms with Crippen molar-refractivity contribution in [3.05, 3.63) is 23.7 Å². The Morgan fingerprint density at radius 3 is 2.62 bits per heavy atom. The van der Waals surface area contributed by atoms with Gasteiger partial charge in [-0.25, -0.2) is 9.97 Å². The van der Waals surface area contributed by atoms with E-state index in [-0.39, 0.29) is 18.1 Å². The molecule has 0 bridgehead atoms. The lowest BCUT2D eigenvalue weighted by molar-refractivity contribution is -0.126. The lowest BCUT2D eigenvalue weighted by atomic mass is 10.1. The van der Waals surface area contributed by atoms with Crippen LogP contribution in [0.5, 0.6) is 0 Å². The Labute approximate surface area is 123 Å². The number of aromatic nitrogens is 2. The van der Waals surface area contributed by atoms with Crippen LogP contribution in [0, 0.1) is 0 Å². The van der Waals surface area contributed by atoms with Crippen LogP contribution in [0.2, 0.25) is 0 Å². The highest BCUT2D eigenvalue weighted by Gasteiger charge is 2.30. The first-order valence-corrected chi connectivity index (χ1v) is 7.24. The summed E-state index contributed by atoms with van der Waals surface area (Å²) in [5.41, 5.74) is 1.07. The molecular formula is C15H18N4O2. The summed E-state index contributed by atoms with van der Waals surface area (Å²) in [5.74, 6) is 0.376. The van der Waals surface area contributed by atoms with Gasteiger partial charge >= 0.3 is 0 Å². The fourth-order valence-electron chi connectivity index (χ4n) is 2.67. The van der Waals surface area contributed by atoms with Crippen LogP contribution in [0.1, 0.15) is 31.4 Å². The molecule has 2 fully saturated rings. The van der Waals surface area contributed by atoms with Crippen LogP contribution in [-0.2, 0) is 9.59 Å². The molecule has 6 heteroatoms. The number of nitrogens with zero attached hydrogens (tertiary/aromatic N) is 4. The summed E-state index contributed by atoms with van der Waals surface area (Å²) in [7, 11) is 1.62. The zero-order chi connectivity index (χ0) is 14.8. The molecule has 0 saturated carbocycles. The molecule has 0 unspecified atom stereocenters. The van der Waals surface area contributed by atoms with Crippen LogP contribution in [-0.4, -0.2) is 46.7 Å². The van der Waals surface area contributed by atoms with E-state index in [4.69, 9.17) is 0 Å². The van der Waals surface area contributed by atoms with E-state index < -0.39 is 0 Å². The van der Waals surface area contributed by atoms with Gasteiger partial charge < -0.3 is 9.80 Å². The Bertz CT molecular complexity index is 605. The third-order valence-corrected chi connectivity index (χ3v) is 3.92. The molecule has 21 heavy (non-hydrogen) atoms. The first kappa shape index (κ1) is 13.7. The number of hydrogen-bond donors (Lipinski definition) is 0. The van der Waals surface area contributed by atoms with E-state index in [1.54, 1.807) is 25.4 Å². The van der Waals surface area contributed by atoms with E-state index in [0.29, 0.717) is 17.3 Å². The number of likely N-dealkylation sites (tertiary alicyclic amines) is 1. The van der Waals surface area contributed by atoms with Crippen LogP contribution in [0.25, 0.3) is 6.08 Å². The van der Waals surface area contributed by atoms with Gasteiger partial charge in [-0.15, -0.1) is 0 Å². The van der Waals surface area contributed by atoms with Gasteiger partial charge in [0.15, 0.2) is 5.78 Å². The molecule has 2 saturated heterocycles. The Kier molecular flexibility index (Phi) is 3.68. The summed E-state index contributed by atoms with van der Waals surface area (Å²) < 4.78 is 0. The Balaban J connectivity index is 1.86. The average molecular weight is 286 g/mol. The summed E-state index contributed by atoms with van der Waals surface area (Å²) in [6, 6.07) is 1.75. The topological polar surface area (TPSA) is 66.4 Å². The van der Waals surface area contributed by atoms with Crippen LogP contribution < -0.4 is 4.90 Å². The van der Waals surface area contributed by atoms with Crippen molar-refractivity contribution in [2.45, 2.75) is 25.7 Å². The van der Waals surface area contributed by atoms with E-state index in [9.17, 15) is 9.59 Å². The number of ketones is 1. The lowest BCUT2D eigenvalue weighted by Crippen LogP contribution is -2.31. The second-order valence-electron chi connectivity index (χ2n) is 5.41. The standard InChI is InChI=1S/C15H18N4O2/c1-18-12(13(20)10-14(18)21)9-11-5-6-16-15(17-11)19-7-3-2-4-8-19/h5-6,9H,2-4,7-8,10H2,1H3/b12-9-. The molecule has 0 atom stereocenters. The normalized spacial score (nSPS) is 21.5. The first-order chi connectivity index (χ1) is 10.1. The van der Waals surface area contributed by atoms with Crippen LogP contribution >= 0.6 is 0 Å². The van der Waals surface area contributed by atoms with Crippen LogP contribution in [0.4, 0.5) is 5.95 Å². The maximum absolute atomic E-state index is 11.8. The number of likely N-dealkylation sites (N-methyl/N-ethyl adjacent to an activating group) is 1. The van der Waals surface area contributed by atoms with Crippen molar-refractivity contribution < 1.29 is 9.59 Å². The summed E-state index contributed by atoms with van der Waals surface area (Å²) in [5, 5.41) is 0. The minimum Gasteiger partial charge on any atom is -0.341 e. The second-order valence-corrected chi connectivity index (χ2v) is 5.41. The molecule has 2 aliphatic heterocycles. The molecule has 1 aromatic rings. The van der Waals surface area contributed by atoms with Crippen LogP contribution in [0.15, 0.2) is 18.0 Å².